The molecule has 0 radical (unpaired) electrons. The Morgan fingerprint density at radius 2 is 1.76 bits per heavy atom. The molecular formula is C21H36N3O4S+. The number of quaternary nitrogens is 1. The summed E-state index contributed by atoms with van der Waals surface area (Å²) in [5.41, 5.74) is 0.408. The van der Waals surface area contributed by atoms with E-state index < -0.39 is 10.0 Å². The van der Waals surface area contributed by atoms with E-state index in [9.17, 15) is 13.2 Å². The van der Waals surface area contributed by atoms with Crippen LogP contribution < -0.4 is 15.0 Å². The number of carbonyl (C=O) groups is 1. The first-order valence-electron chi connectivity index (χ1n) is 10.7. The molecule has 2 N–H and O–H groups in total. The highest BCUT2D eigenvalue weighted by Gasteiger charge is 2.24. The van der Waals surface area contributed by atoms with E-state index in [0.717, 1.165) is 25.9 Å². The molecule has 1 aromatic rings. The van der Waals surface area contributed by atoms with Gasteiger partial charge >= 0.3 is 0 Å². The van der Waals surface area contributed by atoms with Gasteiger partial charge in [0, 0.05) is 13.1 Å². The van der Waals surface area contributed by atoms with E-state index in [0.29, 0.717) is 31.1 Å². The van der Waals surface area contributed by atoms with Gasteiger partial charge in [0.15, 0.2) is 6.54 Å². The number of ether oxygens (including phenoxy) is 1. The molecule has 0 bridgehead atoms. The standard InChI is InChI=1S/C21H35N3O4S/c1-5-24(6-2)29(26,27)18-11-12-20(28-17(3)4)19(15-18)22-21(25)16-23-13-9-7-8-10-14-23/h11-12,15,17H,5-10,13-14,16H2,1-4H3,(H,22,25)/p+1. The van der Waals surface area contributed by atoms with Crippen LogP contribution in [-0.4, -0.2) is 57.5 Å². The van der Waals surface area contributed by atoms with Gasteiger partial charge in [-0.05, 0) is 57.7 Å². The van der Waals surface area contributed by atoms with Gasteiger partial charge in [-0.1, -0.05) is 13.8 Å². The molecule has 0 unspecified atom stereocenters. The summed E-state index contributed by atoms with van der Waals surface area (Å²) in [7, 11) is -3.62. The van der Waals surface area contributed by atoms with Crippen LogP contribution in [0.1, 0.15) is 53.4 Å². The number of anilines is 1. The number of benzene rings is 1. The van der Waals surface area contributed by atoms with E-state index in [1.807, 2.05) is 27.7 Å². The van der Waals surface area contributed by atoms with Crippen molar-refractivity contribution in [3.05, 3.63) is 18.2 Å². The van der Waals surface area contributed by atoms with Gasteiger partial charge in [-0.15, -0.1) is 0 Å². The van der Waals surface area contributed by atoms with Crippen LogP contribution in [0.4, 0.5) is 5.69 Å². The minimum absolute atomic E-state index is 0.0906. The number of likely N-dealkylation sites (tertiary alicyclic amines) is 1. The second-order valence-electron chi connectivity index (χ2n) is 7.80. The Labute approximate surface area is 175 Å². The molecule has 1 aromatic carbocycles. The predicted molar refractivity (Wildman–Crippen MR) is 115 cm³/mol. The van der Waals surface area contributed by atoms with Gasteiger partial charge in [0.05, 0.1) is 29.8 Å². The van der Waals surface area contributed by atoms with Crippen LogP contribution in [0.3, 0.4) is 0 Å². The Kier molecular flexibility index (Phi) is 8.92. The highest BCUT2D eigenvalue weighted by molar-refractivity contribution is 7.89. The molecule has 7 nitrogen and oxygen atoms in total. The normalized spacial score (nSPS) is 16.1. The summed E-state index contributed by atoms with van der Waals surface area (Å²) in [6.45, 7) is 10.6. The number of hydrogen-bond acceptors (Lipinski definition) is 4. The molecule has 1 aliphatic heterocycles. The highest BCUT2D eigenvalue weighted by Crippen LogP contribution is 2.30. The maximum absolute atomic E-state index is 12.9. The number of sulfonamides is 1. The quantitative estimate of drug-likeness (QED) is 0.632. The fraction of sp³-hybridized carbons (Fsp3) is 0.667. The fourth-order valence-electron chi connectivity index (χ4n) is 3.66. The lowest BCUT2D eigenvalue weighted by Gasteiger charge is -2.21. The lowest BCUT2D eigenvalue weighted by Crippen LogP contribution is -3.12. The van der Waals surface area contributed by atoms with Crippen molar-refractivity contribution in [3.63, 3.8) is 0 Å². The maximum atomic E-state index is 12.9. The van der Waals surface area contributed by atoms with Crippen LogP contribution in [0.15, 0.2) is 23.1 Å². The van der Waals surface area contributed by atoms with Crippen molar-refractivity contribution < 1.29 is 22.8 Å². The Morgan fingerprint density at radius 3 is 2.31 bits per heavy atom. The van der Waals surface area contributed by atoms with E-state index in [1.165, 1.54) is 28.1 Å². The van der Waals surface area contributed by atoms with E-state index in [1.54, 1.807) is 12.1 Å². The molecule has 1 amide bonds. The van der Waals surface area contributed by atoms with Gasteiger partial charge in [0.2, 0.25) is 10.0 Å². The number of amides is 1. The molecule has 1 aliphatic rings. The van der Waals surface area contributed by atoms with Crippen LogP contribution in [0.5, 0.6) is 5.75 Å². The summed E-state index contributed by atoms with van der Waals surface area (Å²) < 4.78 is 33.0. The molecule has 29 heavy (non-hydrogen) atoms. The molecule has 8 heteroatoms. The lowest BCUT2D eigenvalue weighted by molar-refractivity contribution is -0.890. The number of carbonyl (C=O) groups excluding carboxylic acids is 1. The summed E-state index contributed by atoms with van der Waals surface area (Å²) >= 11 is 0. The predicted octanol–water partition coefficient (Wildman–Crippen LogP) is 1.90. The van der Waals surface area contributed by atoms with Gasteiger partial charge in [0.25, 0.3) is 5.91 Å². The van der Waals surface area contributed by atoms with Gasteiger partial charge in [-0.2, -0.15) is 4.31 Å². The van der Waals surface area contributed by atoms with Crippen molar-refractivity contribution in [1.29, 1.82) is 0 Å². The zero-order valence-corrected chi connectivity index (χ0v) is 19.0. The minimum atomic E-state index is -3.62. The van der Waals surface area contributed by atoms with Crippen molar-refractivity contribution in [2.24, 2.45) is 0 Å². The SMILES string of the molecule is CCN(CC)S(=O)(=O)c1ccc(OC(C)C)c(NC(=O)C[NH+]2CCCCCC2)c1. The summed E-state index contributed by atoms with van der Waals surface area (Å²) in [4.78, 5) is 14.1. The molecule has 0 saturated carbocycles. The van der Waals surface area contributed by atoms with Crippen LogP contribution >= 0.6 is 0 Å². The largest absolute Gasteiger partial charge is 0.489 e. The van der Waals surface area contributed by atoms with E-state index in [2.05, 4.69) is 5.32 Å². The van der Waals surface area contributed by atoms with Gasteiger partial charge in [-0.3, -0.25) is 4.79 Å². The van der Waals surface area contributed by atoms with E-state index in [-0.39, 0.29) is 16.9 Å². The van der Waals surface area contributed by atoms with Crippen molar-refractivity contribution in [2.45, 2.75) is 64.4 Å². The highest BCUT2D eigenvalue weighted by atomic mass is 32.2. The van der Waals surface area contributed by atoms with Crippen LogP contribution in [-0.2, 0) is 14.8 Å². The van der Waals surface area contributed by atoms with Crippen molar-refractivity contribution in [3.8, 4) is 5.75 Å². The second-order valence-corrected chi connectivity index (χ2v) is 9.74. The topological polar surface area (TPSA) is 80.2 Å². The summed E-state index contributed by atoms with van der Waals surface area (Å²) in [6, 6.07) is 4.69. The first-order chi connectivity index (χ1) is 13.8. The lowest BCUT2D eigenvalue weighted by atomic mass is 10.2. The number of nitrogens with one attached hydrogen (secondary N) is 2. The van der Waals surface area contributed by atoms with Gasteiger partial charge in [0.1, 0.15) is 5.75 Å². The van der Waals surface area contributed by atoms with Crippen LogP contribution in [0.2, 0.25) is 0 Å². The summed E-state index contributed by atoms with van der Waals surface area (Å²) in [5.74, 6) is 0.366. The zero-order valence-electron chi connectivity index (χ0n) is 18.2. The van der Waals surface area contributed by atoms with Gasteiger partial charge in [-0.25, -0.2) is 8.42 Å². The Morgan fingerprint density at radius 1 is 1.14 bits per heavy atom. The average molecular weight is 427 g/mol. The third kappa shape index (κ3) is 6.69. The van der Waals surface area contributed by atoms with E-state index in [4.69, 9.17) is 4.74 Å². The average Bonchev–Trinajstić information content (AvgIpc) is 2.92. The Balaban J connectivity index is 2.25. The second kappa shape index (κ2) is 10.9. The van der Waals surface area contributed by atoms with Crippen molar-refractivity contribution in [1.82, 2.24) is 4.31 Å². The first kappa shape index (κ1) is 23.6. The number of nitrogens with zero attached hydrogens (tertiary/aromatic N) is 1. The molecule has 0 spiro atoms. The van der Waals surface area contributed by atoms with E-state index >= 15 is 0 Å². The van der Waals surface area contributed by atoms with Crippen molar-refractivity contribution >= 4 is 21.6 Å². The molecular weight excluding hydrogens is 390 g/mol. The molecule has 2 rings (SSSR count). The zero-order chi connectivity index (χ0) is 21.4. The minimum Gasteiger partial charge on any atom is -0.489 e. The summed E-state index contributed by atoms with van der Waals surface area (Å²) in [5, 5.41) is 2.90. The molecule has 0 aromatic heterocycles. The third-order valence-electron chi connectivity index (χ3n) is 5.15. The maximum Gasteiger partial charge on any atom is 0.279 e. The molecule has 164 valence electrons. The monoisotopic (exact) mass is 426 g/mol. The van der Waals surface area contributed by atoms with Gasteiger partial charge < -0.3 is 15.0 Å². The Bertz CT molecular complexity index is 768. The molecule has 0 atom stereocenters. The smallest absolute Gasteiger partial charge is 0.279 e. The fourth-order valence-corrected chi connectivity index (χ4v) is 5.15. The molecule has 1 heterocycles. The number of hydrogen-bond donors (Lipinski definition) is 2. The molecule has 1 fully saturated rings. The van der Waals surface area contributed by atoms with Crippen LogP contribution in [0.25, 0.3) is 0 Å². The van der Waals surface area contributed by atoms with Crippen LogP contribution in [0, 0.1) is 0 Å². The first-order valence-corrected chi connectivity index (χ1v) is 12.2. The molecule has 1 saturated heterocycles. The molecule has 0 aliphatic carbocycles. The Hall–Kier alpha value is -1.64. The third-order valence-corrected chi connectivity index (χ3v) is 7.20. The number of rotatable bonds is 9. The van der Waals surface area contributed by atoms with Crippen molar-refractivity contribution in [2.75, 3.05) is 38.0 Å². The summed E-state index contributed by atoms with van der Waals surface area (Å²) in [6.07, 6.45) is 4.64.